The minimum atomic E-state index is 0.605. The van der Waals surface area contributed by atoms with Crippen LogP contribution in [0.4, 0.5) is 5.82 Å². The summed E-state index contributed by atoms with van der Waals surface area (Å²) in [7, 11) is 0. The minimum absolute atomic E-state index is 0.605. The smallest absolute Gasteiger partial charge is 0.123 e. The van der Waals surface area contributed by atoms with Gasteiger partial charge in [-0.15, -0.1) is 0 Å². The van der Waals surface area contributed by atoms with Crippen molar-refractivity contribution in [3.8, 4) is 0 Å². The lowest BCUT2D eigenvalue weighted by molar-refractivity contribution is 0.239. The molecule has 2 rings (SSSR count). The van der Waals surface area contributed by atoms with E-state index in [0.29, 0.717) is 5.82 Å². The molecule has 0 spiro atoms. The number of nitrogens with zero attached hydrogens (tertiary/aromatic N) is 2. The van der Waals surface area contributed by atoms with Crippen molar-refractivity contribution >= 4 is 5.82 Å². The van der Waals surface area contributed by atoms with Gasteiger partial charge in [0, 0.05) is 18.8 Å². The summed E-state index contributed by atoms with van der Waals surface area (Å²) in [6.07, 6.45) is 5.90. The molecule has 0 amide bonds. The standard InChI is InChI=1S/C14H23N3/c1-11(2)7-8-17(13-4-5-13)10-12-3-6-14(15)16-9-12/h3,6,9,11,13H,4-5,7-8,10H2,1-2H3,(H2,15,16). The maximum absolute atomic E-state index is 5.60. The number of nitrogens with two attached hydrogens (primary N) is 1. The van der Waals surface area contributed by atoms with E-state index in [1.165, 1.54) is 31.4 Å². The molecule has 0 atom stereocenters. The average Bonchev–Trinajstić information content (AvgIpc) is 3.10. The molecule has 17 heavy (non-hydrogen) atoms. The lowest BCUT2D eigenvalue weighted by Crippen LogP contribution is -2.27. The van der Waals surface area contributed by atoms with Gasteiger partial charge in [-0.25, -0.2) is 4.98 Å². The fraction of sp³-hybridized carbons (Fsp3) is 0.643. The minimum Gasteiger partial charge on any atom is -0.384 e. The molecule has 0 aliphatic heterocycles. The first kappa shape index (κ1) is 12.4. The third kappa shape index (κ3) is 4.00. The van der Waals surface area contributed by atoms with Gasteiger partial charge in [0.1, 0.15) is 5.82 Å². The van der Waals surface area contributed by atoms with Crippen LogP contribution in [-0.4, -0.2) is 22.5 Å². The molecule has 1 fully saturated rings. The van der Waals surface area contributed by atoms with Crippen molar-refractivity contribution in [3.63, 3.8) is 0 Å². The Balaban J connectivity index is 1.90. The average molecular weight is 233 g/mol. The van der Waals surface area contributed by atoms with Crippen LogP contribution in [0, 0.1) is 5.92 Å². The van der Waals surface area contributed by atoms with E-state index in [0.717, 1.165) is 18.5 Å². The number of hydrogen-bond donors (Lipinski definition) is 1. The van der Waals surface area contributed by atoms with Crippen molar-refractivity contribution in [3.05, 3.63) is 23.9 Å². The lowest BCUT2D eigenvalue weighted by Gasteiger charge is -2.22. The summed E-state index contributed by atoms with van der Waals surface area (Å²) in [5.41, 5.74) is 6.88. The second kappa shape index (κ2) is 5.50. The van der Waals surface area contributed by atoms with E-state index in [4.69, 9.17) is 5.73 Å². The highest BCUT2D eigenvalue weighted by Gasteiger charge is 2.28. The van der Waals surface area contributed by atoms with Crippen molar-refractivity contribution in [1.29, 1.82) is 0 Å². The predicted octanol–water partition coefficient (Wildman–Crippen LogP) is 2.67. The molecule has 1 saturated carbocycles. The molecule has 1 aromatic heterocycles. The fourth-order valence-electron chi connectivity index (χ4n) is 2.02. The second-order valence-corrected chi connectivity index (χ2v) is 5.48. The van der Waals surface area contributed by atoms with E-state index < -0.39 is 0 Å². The summed E-state index contributed by atoms with van der Waals surface area (Å²) in [6.45, 7) is 6.79. The zero-order valence-corrected chi connectivity index (χ0v) is 10.9. The van der Waals surface area contributed by atoms with E-state index in [-0.39, 0.29) is 0 Å². The van der Waals surface area contributed by atoms with Crippen molar-refractivity contribution < 1.29 is 0 Å². The van der Waals surface area contributed by atoms with Gasteiger partial charge < -0.3 is 5.73 Å². The van der Waals surface area contributed by atoms with E-state index in [2.05, 4.69) is 29.8 Å². The van der Waals surface area contributed by atoms with Crippen LogP contribution in [0.5, 0.6) is 0 Å². The number of hydrogen-bond acceptors (Lipinski definition) is 3. The molecule has 0 saturated heterocycles. The van der Waals surface area contributed by atoms with Crippen LogP contribution in [0.25, 0.3) is 0 Å². The van der Waals surface area contributed by atoms with Gasteiger partial charge in [-0.2, -0.15) is 0 Å². The first-order valence-corrected chi connectivity index (χ1v) is 6.59. The summed E-state index contributed by atoms with van der Waals surface area (Å²) in [6, 6.07) is 4.79. The number of pyridine rings is 1. The Morgan fingerprint density at radius 3 is 2.71 bits per heavy atom. The van der Waals surface area contributed by atoms with Crippen LogP contribution in [0.2, 0.25) is 0 Å². The monoisotopic (exact) mass is 233 g/mol. The van der Waals surface area contributed by atoms with Crippen molar-refractivity contribution in [2.45, 2.75) is 45.7 Å². The lowest BCUT2D eigenvalue weighted by atomic mass is 10.1. The van der Waals surface area contributed by atoms with Gasteiger partial charge in [-0.3, -0.25) is 4.90 Å². The van der Waals surface area contributed by atoms with Crippen LogP contribution < -0.4 is 5.73 Å². The third-order valence-corrected chi connectivity index (χ3v) is 3.29. The Kier molecular flexibility index (Phi) is 4.00. The normalized spacial score (nSPS) is 15.8. The molecule has 3 nitrogen and oxygen atoms in total. The first-order chi connectivity index (χ1) is 8.15. The SMILES string of the molecule is CC(C)CCN(Cc1ccc(N)nc1)C1CC1. The molecule has 0 aromatic carbocycles. The molecule has 2 N–H and O–H groups in total. The summed E-state index contributed by atoms with van der Waals surface area (Å²) < 4.78 is 0. The zero-order chi connectivity index (χ0) is 12.3. The Bertz CT molecular complexity index is 341. The van der Waals surface area contributed by atoms with E-state index in [1.807, 2.05) is 12.3 Å². The quantitative estimate of drug-likeness (QED) is 0.821. The molecule has 1 aliphatic carbocycles. The Labute approximate surface area is 104 Å². The van der Waals surface area contributed by atoms with Gasteiger partial charge in [0.15, 0.2) is 0 Å². The van der Waals surface area contributed by atoms with Crippen molar-refractivity contribution in [2.75, 3.05) is 12.3 Å². The van der Waals surface area contributed by atoms with Gasteiger partial charge in [0.05, 0.1) is 0 Å². The first-order valence-electron chi connectivity index (χ1n) is 6.59. The molecule has 1 heterocycles. The maximum Gasteiger partial charge on any atom is 0.123 e. The predicted molar refractivity (Wildman–Crippen MR) is 71.5 cm³/mol. The van der Waals surface area contributed by atoms with Gasteiger partial charge in [-0.05, 0) is 43.4 Å². The van der Waals surface area contributed by atoms with Crippen LogP contribution in [0.1, 0.15) is 38.7 Å². The number of nitrogen functional groups attached to an aromatic ring is 1. The van der Waals surface area contributed by atoms with E-state index >= 15 is 0 Å². The highest BCUT2D eigenvalue weighted by molar-refractivity contribution is 5.29. The van der Waals surface area contributed by atoms with Crippen LogP contribution in [0.3, 0.4) is 0 Å². The topological polar surface area (TPSA) is 42.1 Å². The van der Waals surface area contributed by atoms with Gasteiger partial charge in [-0.1, -0.05) is 19.9 Å². The van der Waals surface area contributed by atoms with Crippen LogP contribution >= 0.6 is 0 Å². The Morgan fingerprint density at radius 1 is 1.41 bits per heavy atom. The van der Waals surface area contributed by atoms with Gasteiger partial charge in [0.2, 0.25) is 0 Å². The zero-order valence-electron chi connectivity index (χ0n) is 10.9. The van der Waals surface area contributed by atoms with E-state index in [1.54, 1.807) is 0 Å². The second-order valence-electron chi connectivity index (χ2n) is 5.48. The molecular formula is C14H23N3. The number of aromatic nitrogens is 1. The van der Waals surface area contributed by atoms with Crippen molar-refractivity contribution in [2.24, 2.45) is 5.92 Å². The summed E-state index contributed by atoms with van der Waals surface area (Å²) in [5.74, 6) is 1.38. The highest BCUT2D eigenvalue weighted by atomic mass is 15.2. The van der Waals surface area contributed by atoms with Crippen LogP contribution in [-0.2, 0) is 6.54 Å². The summed E-state index contributed by atoms with van der Waals surface area (Å²) in [4.78, 5) is 6.75. The van der Waals surface area contributed by atoms with Crippen molar-refractivity contribution in [1.82, 2.24) is 9.88 Å². The van der Waals surface area contributed by atoms with E-state index in [9.17, 15) is 0 Å². The van der Waals surface area contributed by atoms with Crippen LogP contribution in [0.15, 0.2) is 18.3 Å². The largest absolute Gasteiger partial charge is 0.384 e. The summed E-state index contributed by atoms with van der Waals surface area (Å²) in [5, 5.41) is 0. The molecule has 3 heteroatoms. The molecule has 0 bridgehead atoms. The summed E-state index contributed by atoms with van der Waals surface area (Å²) >= 11 is 0. The number of anilines is 1. The maximum atomic E-state index is 5.60. The van der Waals surface area contributed by atoms with Gasteiger partial charge in [0.25, 0.3) is 0 Å². The fourth-order valence-corrected chi connectivity index (χ4v) is 2.02. The third-order valence-electron chi connectivity index (χ3n) is 3.29. The Morgan fingerprint density at radius 2 is 2.18 bits per heavy atom. The number of rotatable bonds is 6. The highest BCUT2D eigenvalue weighted by Crippen LogP contribution is 2.28. The molecule has 94 valence electrons. The van der Waals surface area contributed by atoms with Gasteiger partial charge >= 0.3 is 0 Å². The molecular weight excluding hydrogens is 210 g/mol. The molecule has 0 unspecified atom stereocenters. The molecule has 0 radical (unpaired) electrons. The Hall–Kier alpha value is -1.09. The molecule has 1 aliphatic rings. The molecule has 1 aromatic rings.